The largest absolute Gasteiger partial charge is 0.480 e. The molecule has 28 heavy (non-hydrogen) atoms. The highest BCUT2D eigenvalue weighted by Crippen LogP contribution is 2.09. The minimum absolute atomic E-state index is 0.233. The van der Waals surface area contributed by atoms with E-state index in [2.05, 4.69) is 16.0 Å². The molecule has 154 valence electrons. The van der Waals surface area contributed by atoms with Gasteiger partial charge in [0.15, 0.2) is 0 Å². The van der Waals surface area contributed by atoms with Crippen LogP contribution in [-0.2, 0) is 20.8 Å². The predicted molar refractivity (Wildman–Crippen MR) is 106 cm³/mol. The first-order chi connectivity index (χ1) is 13.5. The number of carboxylic acid groups (broad SMARTS) is 1. The van der Waals surface area contributed by atoms with E-state index in [9.17, 15) is 19.5 Å². The highest BCUT2D eigenvalue weighted by atomic mass is 16.4. The summed E-state index contributed by atoms with van der Waals surface area (Å²) >= 11 is 0. The van der Waals surface area contributed by atoms with Crippen LogP contribution in [0.2, 0.25) is 0 Å². The summed E-state index contributed by atoms with van der Waals surface area (Å²) in [6.07, 6.45) is 3.53. The fourth-order valence-corrected chi connectivity index (χ4v) is 3.26. The zero-order chi connectivity index (χ0) is 20.4. The van der Waals surface area contributed by atoms with Gasteiger partial charge in [0.05, 0.1) is 6.04 Å². The first kappa shape index (κ1) is 21.8. The molecule has 0 bridgehead atoms. The Morgan fingerprint density at radius 2 is 1.89 bits per heavy atom. The summed E-state index contributed by atoms with van der Waals surface area (Å²) in [4.78, 5) is 36.8. The normalized spacial score (nSPS) is 18.2. The number of aliphatic carboxylic acids is 1. The van der Waals surface area contributed by atoms with Gasteiger partial charge in [0.1, 0.15) is 12.1 Å². The SMILES string of the molecule is NCCCC[C@H](NC(=O)[C@H](Cc1ccccc1)NC(=O)[C@@H]1CCCN1)C(=O)O. The van der Waals surface area contributed by atoms with Crippen LogP contribution in [0.3, 0.4) is 0 Å². The lowest BCUT2D eigenvalue weighted by Crippen LogP contribution is -2.55. The molecule has 8 nitrogen and oxygen atoms in total. The summed E-state index contributed by atoms with van der Waals surface area (Å²) in [5, 5.41) is 17.9. The van der Waals surface area contributed by atoms with E-state index in [0.717, 1.165) is 24.9 Å². The predicted octanol–water partition coefficient (Wildman–Crippen LogP) is 0.164. The van der Waals surface area contributed by atoms with Gasteiger partial charge in [-0.25, -0.2) is 4.79 Å². The van der Waals surface area contributed by atoms with Crippen molar-refractivity contribution in [2.75, 3.05) is 13.1 Å². The van der Waals surface area contributed by atoms with Crippen molar-refractivity contribution in [3.05, 3.63) is 35.9 Å². The van der Waals surface area contributed by atoms with Gasteiger partial charge in [-0.05, 0) is 50.8 Å². The second-order valence-electron chi connectivity index (χ2n) is 7.08. The molecule has 1 aromatic carbocycles. The number of nitrogens with two attached hydrogens (primary N) is 1. The van der Waals surface area contributed by atoms with E-state index in [1.54, 1.807) is 0 Å². The number of rotatable bonds is 11. The monoisotopic (exact) mass is 390 g/mol. The van der Waals surface area contributed by atoms with Crippen molar-refractivity contribution in [3.8, 4) is 0 Å². The molecule has 1 aliphatic heterocycles. The van der Waals surface area contributed by atoms with Crippen molar-refractivity contribution in [3.63, 3.8) is 0 Å². The molecular formula is C20H30N4O4. The molecule has 8 heteroatoms. The number of carbonyl (C=O) groups excluding carboxylic acids is 2. The number of hydrogen-bond acceptors (Lipinski definition) is 5. The van der Waals surface area contributed by atoms with Gasteiger partial charge in [0, 0.05) is 6.42 Å². The van der Waals surface area contributed by atoms with Crippen LogP contribution in [-0.4, -0.2) is 54.1 Å². The first-order valence-electron chi connectivity index (χ1n) is 9.82. The number of amides is 2. The Labute approximate surface area is 165 Å². The number of unbranched alkanes of at least 4 members (excludes halogenated alkanes) is 1. The Morgan fingerprint density at radius 3 is 2.50 bits per heavy atom. The molecule has 0 spiro atoms. The summed E-state index contributed by atoms with van der Waals surface area (Å²) in [6, 6.07) is 7.18. The average molecular weight is 390 g/mol. The van der Waals surface area contributed by atoms with E-state index in [0.29, 0.717) is 32.2 Å². The second-order valence-corrected chi connectivity index (χ2v) is 7.08. The highest BCUT2D eigenvalue weighted by molar-refractivity contribution is 5.92. The standard InChI is InChI=1S/C20H30N4O4/c21-11-5-4-9-16(20(27)28)23-19(26)17(13-14-7-2-1-3-8-14)24-18(25)15-10-6-12-22-15/h1-3,7-8,15-17,22H,4-6,9-13,21H2,(H,23,26)(H,24,25)(H,27,28)/t15-,16-,17-/m0/s1. The highest BCUT2D eigenvalue weighted by Gasteiger charge is 2.29. The number of nitrogens with one attached hydrogen (secondary N) is 3. The van der Waals surface area contributed by atoms with Crippen LogP contribution in [0.25, 0.3) is 0 Å². The Bertz CT molecular complexity index is 647. The third-order valence-electron chi connectivity index (χ3n) is 4.85. The number of benzene rings is 1. The van der Waals surface area contributed by atoms with Crippen LogP contribution < -0.4 is 21.7 Å². The third-order valence-corrected chi connectivity index (χ3v) is 4.85. The molecule has 2 amide bonds. The first-order valence-corrected chi connectivity index (χ1v) is 9.82. The minimum Gasteiger partial charge on any atom is -0.480 e. The van der Waals surface area contributed by atoms with Gasteiger partial charge in [-0.1, -0.05) is 30.3 Å². The summed E-state index contributed by atoms with van der Waals surface area (Å²) in [5.41, 5.74) is 6.34. The minimum atomic E-state index is -1.09. The Balaban J connectivity index is 2.05. The molecule has 1 aromatic rings. The second kappa shape index (κ2) is 11.4. The number of carbonyl (C=O) groups is 3. The van der Waals surface area contributed by atoms with Crippen LogP contribution in [0.5, 0.6) is 0 Å². The fraction of sp³-hybridized carbons (Fsp3) is 0.550. The molecule has 2 rings (SSSR count). The molecule has 1 fully saturated rings. The van der Waals surface area contributed by atoms with Crippen LogP contribution in [0.4, 0.5) is 0 Å². The summed E-state index contributed by atoms with van der Waals surface area (Å²) < 4.78 is 0. The van der Waals surface area contributed by atoms with Crippen LogP contribution in [0.1, 0.15) is 37.7 Å². The maximum absolute atomic E-state index is 12.8. The van der Waals surface area contributed by atoms with Crippen molar-refractivity contribution in [1.82, 2.24) is 16.0 Å². The topological polar surface area (TPSA) is 134 Å². The molecule has 0 saturated carbocycles. The maximum atomic E-state index is 12.8. The number of carboxylic acids is 1. The van der Waals surface area contributed by atoms with E-state index in [-0.39, 0.29) is 11.9 Å². The van der Waals surface area contributed by atoms with E-state index in [1.165, 1.54) is 0 Å². The number of hydrogen-bond donors (Lipinski definition) is 5. The molecule has 0 aromatic heterocycles. The Hall–Kier alpha value is -2.45. The van der Waals surface area contributed by atoms with Gasteiger partial charge in [-0.15, -0.1) is 0 Å². The fourth-order valence-electron chi connectivity index (χ4n) is 3.26. The molecule has 6 N–H and O–H groups in total. The van der Waals surface area contributed by atoms with Crippen LogP contribution in [0, 0.1) is 0 Å². The molecule has 0 unspecified atom stereocenters. The molecule has 0 radical (unpaired) electrons. The summed E-state index contributed by atoms with van der Waals surface area (Å²) in [6.45, 7) is 1.25. The molecule has 3 atom stereocenters. The van der Waals surface area contributed by atoms with Gasteiger partial charge in [-0.2, -0.15) is 0 Å². The lowest BCUT2D eigenvalue weighted by Gasteiger charge is -2.23. The maximum Gasteiger partial charge on any atom is 0.326 e. The van der Waals surface area contributed by atoms with Crippen molar-refractivity contribution in [2.24, 2.45) is 5.73 Å². The van der Waals surface area contributed by atoms with E-state index in [4.69, 9.17) is 5.73 Å². The van der Waals surface area contributed by atoms with Crippen molar-refractivity contribution in [2.45, 2.75) is 56.7 Å². The van der Waals surface area contributed by atoms with Gasteiger partial charge in [0.2, 0.25) is 11.8 Å². The molecule has 1 saturated heterocycles. The van der Waals surface area contributed by atoms with Crippen molar-refractivity contribution < 1.29 is 19.5 Å². The lowest BCUT2D eigenvalue weighted by molar-refractivity contribution is -0.142. The average Bonchev–Trinajstić information content (AvgIpc) is 3.22. The van der Waals surface area contributed by atoms with Gasteiger partial charge in [0.25, 0.3) is 0 Å². The van der Waals surface area contributed by atoms with Gasteiger partial charge in [-0.3, -0.25) is 9.59 Å². The van der Waals surface area contributed by atoms with Crippen molar-refractivity contribution in [1.29, 1.82) is 0 Å². The van der Waals surface area contributed by atoms with Crippen molar-refractivity contribution >= 4 is 17.8 Å². The third kappa shape index (κ3) is 6.94. The van der Waals surface area contributed by atoms with E-state index in [1.807, 2.05) is 30.3 Å². The molecular weight excluding hydrogens is 360 g/mol. The quantitative estimate of drug-likeness (QED) is 0.342. The van der Waals surface area contributed by atoms with Gasteiger partial charge >= 0.3 is 5.97 Å². The lowest BCUT2D eigenvalue weighted by atomic mass is 10.0. The Morgan fingerprint density at radius 1 is 1.14 bits per heavy atom. The Kier molecular flexibility index (Phi) is 8.90. The molecule has 1 aliphatic rings. The van der Waals surface area contributed by atoms with Crippen LogP contribution >= 0.6 is 0 Å². The van der Waals surface area contributed by atoms with E-state index < -0.39 is 24.0 Å². The van der Waals surface area contributed by atoms with Crippen LogP contribution in [0.15, 0.2) is 30.3 Å². The molecule has 1 heterocycles. The van der Waals surface area contributed by atoms with Gasteiger partial charge < -0.3 is 26.8 Å². The smallest absolute Gasteiger partial charge is 0.326 e. The zero-order valence-corrected chi connectivity index (χ0v) is 16.0. The zero-order valence-electron chi connectivity index (χ0n) is 16.0. The summed E-state index contributed by atoms with van der Waals surface area (Å²) in [7, 11) is 0. The van der Waals surface area contributed by atoms with E-state index >= 15 is 0 Å². The molecule has 0 aliphatic carbocycles. The summed E-state index contributed by atoms with van der Waals surface area (Å²) in [5.74, 6) is -1.81.